The van der Waals surface area contributed by atoms with Crippen LogP contribution in [0.2, 0.25) is 10.0 Å². The highest BCUT2D eigenvalue weighted by atomic mass is 35.5. The van der Waals surface area contributed by atoms with Crippen molar-refractivity contribution < 1.29 is 13.9 Å². The Morgan fingerprint density at radius 1 is 1.42 bits per heavy atom. The van der Waals surface area contributed by atoms with Crippen LogP contribution in [0.3, 0.4) is 0 Å². The number of benzene rings is 1. The first-order valence-corrected chi connectivity index (χ1v) is 6.74. The number of nitrogens with one attached hydrogen (secondary N) is 1. The minimum Gasteiger partial charge on any atom is -0.466 e. The summed E-state index contributed by atoms with van der Waals surface area (Å²) in [6.07, 6.45) is 0.256. The zero-order valence-corrected chi connectivity index (χ0v) is 12.3. The van der Waals surface area contributed by atoms with E-state index in [9.17, 15) is 9.18 Å². The molecule has 19 heavy (non-hydrogen) atoms. The lowest BCUT2D eigenvalue weighted by molar-refractivity contribution is -0.143. The molecule has 1 atom stereocenters. The summed E-state index contributed by atoms with van der Waals surface area (Å²) in [5.74, 6) is -0.782. The molecule has 1 aromatic rings. The molecule has 1 N–H and O–H groups in total. The Hall–Kier alpha value is -0.840. The van der Waals surface area contributed by atoms with Crippen molar-refractivity contribution in [2.75, 3.05) is 13.2 Å². The average Bonchev–Trinajstić information content (AvgIpc) is 2.34. The highest BCUT2D eigenvalue weighted by molar-refractivity contribution is 6.35. The number of halogens is 3. The van der Waals surface area contributed by atoms with Crippen LogP contribution in [-0.4, -0.2) is 19.1 Å². The Morgan fingerprint density at radius 3 is 2.74 bits per heavy atom. The molecule has 1 aromatic carbocycles. The summed E-state index contributed by atoms with van der Waals surface area (Å²) in [4.78, 5) is 11.2. The van der Waals surface area contributed by atoms with Crippen molar-refractivity contribution >= 4 is 29.2 Å². The van der Waals surface area contributed by atoms with Crippen LogP contribution in [0, 0.1) is 5.82 Å². The zero-order valence-electron chi connectivity index (χ0n) is 10.8. The Kier molecular flexibility index (Phi) is 6.55. The molecule has 6 heteroatoms. The predicted octanol–water partition coefficient (Wildman–Crippen LogP) is 3.74. The lowest BCUT2D eigenvalue weighted by atomic mass is 10.1. The molecule has 0 aromatic heterocycles. The number of hydrogen-bond donors (Lipinski definition) is 1. The van der Waals surface area contributed by atoms with E-state index >= 15 is 0 Å². The first-order valence-electron chi connectivity index (χ1n) is 5.99. The molecular weight excluding hydrogens is 292 g/mol. The molecule has 0 saturated carbocycles. The van der Waals surface area contributed by atoms with Crippen molar-refractivity contribution in [1.82, 2.24) is 5.32 Å². The largest absolute Gasteiger partial charge is 0.466 e. The molecule has 0 heterocycles. The monoisotopic (exact) mass is 307 g/mol. The summed E-state index contributed by atoms with van der Waals surface area (Å²) in [6.45, 7) is 4.38. The van der Waals surface area contributed by atoms with E-state index in [1.165, 1.54) is 12.1 Å². The molecule has 3 nitrogen and oxygen atoms in total. The Labute approximate surface area is 122 Å². The van der Waals surface area contributed by atoms with Crippen molar-refractivity contribution in [2.24, 2.45) is 0 Å². The maximum atomic E-state index is 13.4. The summed E-state index contributed by atoms with van der Waals surface area (Å²) in [5, 5.41) is 3.46. The van der Waals surface area contributed by atoms with Gasteiger partial charge in [-0.05, 0) is 31.5 Å². The van der Waals surface area contributed by atoms with Crippen molar-refractivity contribution in [3.05, 3.63) is 33.6 Å². The Balaban J connectivity index is 2.56. The van der Waals surface area contributed by atoms with Crippen molar-refractivity contribution in [3.8, 4) is 0 Å². The molecule has 0 fully saturated rings. The van der Waals surface area contributed by atoms with Gasteiger partial charge in [-0.1, -0.05) is 23.2 Å². The third-order valence-electron chi connectivity index (χ3n) is 2.59. The van der Waals surface area contributed by atoms with Gasteiger partial charge in [-0.25, -0.2) is 4.39 Å². The lowest BCUT2D eigenvalue weighted by Gasteiger charge is -2.16. The van der Waals surface area contributed by atoms with E-state index in [4.69, 9.17) is 27.9 Å². The van der Waals surface area contributed by atoms with Crippen LogP contribution in [0.25, 0.3) is 0 Å². The van der Waals surface area contributed by atoms with E-state index < -0.39 is 5.82 Å². The van der Waals surface area contributed by atoms with E-state index in [2.05, 4.69) is 5.32 Å². The van der Waals surface area contributed by atoms with Crippen molar-refractivity contribution in [3.63, 3.8) is 0 Å². The van der Waals surface area contributed by atoms with Gasteiger partial charge >= 0.3 is 5.97 Å². The molecule has 0 spiro atoms. The van der Waals surface area contributed by atoms with Gasteiger partial charge in [0.25, 0.3) is 0 Å². The molecule has 0 bridgehead atoms. The minimum atomic E-state index is -0.514. The molecule has 0 saturated heterocycles. The minimum absolute atomic E-state index is 0.00697. The van der Waals surface area contributed by atoms with Gasteiger partial charge in [0.15, 0.2) is 0 Å². The molecule has 106 valence electrons. The van der Waals surface area contributed by atoms with Crippen LogP contribution < -0.4 is 5.32 Å². The maximum Gasteiger partial charge on any atom is 0.307 e. The van der Waals surface area contributed by atoms with Crippen molar-refractivity contribution in [2.45, 2.75) is 26.3 Å². The van der Waals surface area contributed by atoms with Gasteiger partial charge in [-0.3, -0.25) is 4.79 Å². The molecule has 0 radical (unpaired) electrons. The van der Waals surface area contributed by atoms with Crippen LogP contribution in [0.1, 0.15) is 31.9 Å². The first-order chi connectivity index (χ1) is 8.95. The lowest BCUT2D eigenvalue weighted by Crippen LogP contribution is -2.23. The fourth-order valence-corrected chi connectivity index (χ4v) is 2.15. The van der Waals surface area contributed by atoms with Crippen LogP contribution in [-0.2, 0) is 9.53 Å². The number of rotatable bonds is 6. The van der Waals surface area contributed by atoms with Gasteiger partial charge in [0.1, 0.15) is 5.82 Å². The van der Waals surface area contributed by atoms with E-state index in [-0.39, 0.29) is 23.5 Å². The normalized spacial score (nSPS) is 12.3. The molecule has 0 aliphatic heterocycles. The Morgan fingerprint density at radius 2 is 2.11 bits per heavy atom. The third kappa shape index (κ3) is 4.97. The van der Waals surface area contributed by atoms with E-state index in [0.717, 1.165) is 0 Å². The fraction of sp³-hybridized carbons (Fsp3) is 0.462. The number of carbonyl (C=O) groups is 1. The second-order valence-corrected chi connectivity index (χ2v) is 4.83. The van der Waals surface area contributed by atoms with Crippen LogP contribution in [0.4, 0.5) is 4.39 Å². The fourth-order valence-electron chi connectivity index (χ4n) is 1.60. The van der Waals surface area contributed by atoms with Crippen LogP contribution >= 0.6 is 23.2 Å². The SMILES string of the molecule is CCOC(=O)CCNC(C)c1cc(F)c(Cl)cc1Cl. The van der Waals surface area contributed by atoms with E-state index in [0.29, 0.717) is 23.7 Å². The predicted molar refractivity (Wildman–Crippen MR) is 74.1 cm³/mol. The van der Waals surface area contributed by atoms with Crippen LogP contribution in [0.5, 0.6) is 0 Å². The average molecular weight is 308 g/mol. The van der Waals surface area contributed by atoms with E-state index in [1.54, 1.807) is 6.92 Å². The molecule has 0 aliphatic rings. The second kappa shape index (κ2) is 7.68. The second-order valence-electron chi connectivity index (χ2n) is 4.02. The standard InChI is InChI=1S/C13H16Cl2FNO2/c1-3-19-13(18)4-5-17-8(2)9-6-12(16)11(15)7-10(9)14/h6-8,17H,3-5H2,1-2H3. The summed E-state index contributed by atoms with van der Waals surface area (Å²) in [5.41, 5.74) is 0.604. The summed E-state index contributed by atoms with van der Waals surface area (Å²) >= 11 is 11.6. The Bertz CT molecular complexity index is 455. The number of carbonyl (C=O) groups excluding carboxylic acids is 1. The van der Waals surface area contributed by atoms with Gasteiger partial charge in [0, 0.05) is 17.6 Å². The number of ether oxygens (including phenoxy) is 1. The van der Waals surface area contributed by atoms with Gasteiger partial charge in [-0.15, -0.1) is 0 Å². The van der Waals surface area contributed by atoms with Gasteiger partial charge < -0.3 is 10.1 Å². The quantitative estimate of drug-likeness (QED) is 0.643. The molecule has 0 amide bonds. The molecule has 0 aliphatic carbocycles. The number of esters is 1. The summed E-state index contributed by atoms with van der Waals surface area (Å²) in [6, 6.07) is 2.48. The first kappa shape index (κ1) is 16.2. The van der Waals surface area contributed by atoms with Gasteiger partial charge in [-0.2, -0.15) is 0 Å². The molecule has 1 rings (SSSR count). The van der Waals surface area contributed by atoms with Crippen molar-refractivity contribution in [1.29, 1.82) is 0 Å². The van der Waals surface area contributed by atoms with E-state index in [1.807, 2.05) is 6.92 Å². The van der Waals surface area contributed by atoms with Gasteiger partial charge in [0.2, 0.25) is 0 Å². The zero-order chi connectivity index (χ0) is 14.4. The summed E-state index contributed by atoms with van der Waals surface area (Å²) in [7, 11) is 0. The van der Waals surface area contributed by atoms with Crippen LogP contribution in [0.15, 0.2) is 12.1 Å². The highest BCUT2D eigenvalue weighted by Crippen LogP contribution is 2.28. The number of hydrogen-bond acceptors (Lipinski definition) is 3. The molecular formula is C13H16Cl2FNO2. The third-order valence-corrected chi connectivity index (χ3v) is 3.21. The highest BCUT2D eigenvalue weighted by Gasteiger charge is 2.13. The molecule has 1 unspecified atom stereocenters. The maximum absolute atomic E-state index is 13.4. The van der Waals surface area contributed by atoms with Gasteiger partial charge in [0.05, 0.1) is 18.1 Å². The smallest absolute Gasteiger partial charge is 0.307 e. The summed E-state index contributed by atoms with van der Waals surface area (Å²) < 4.78 is 18.2. The topological polar surface area (TPSA) is 38.3 Å².